The quantitative estimate of drug-likeness (QED) is 0.550. The van der Waals surface area contributed by atoms with Crippen LogP contribution < -0.4 is 5.32 Å². The molecule has 9 heteroatoms. The van der Waals surface area contributed by atoms with Gasteiger partial charge in [-0.15, -0.1) is 22.7 Å². The summed E-state index contributed by atoms with van der Waals surface area (Å²) in [6.45, 7) is 0. The standard InChI is InChI=1S/C18H12FN5OS2/c19-13-5-2-1-4-11(13)8-12-9-22-18(27-12)24-16(25)14-10-26-17(23-14)15-20-6-3-7-21-15/h1-7,9-10H,8H2,(H,22,24,25). The van der Waals surface area contributed by atoms with Crippen LogP contribution in [0, 0.1) is 5.82 Å². The number of hydrogen-bond acceptors (Lipinski definition) is 7. The number of thiazole rings is 2. The number of carbonyl (C=O) groups excluding carboxylic acids is 1. The van der Waals surface area contributed by atoms with E-state index < -0.39 is 0 Å². The molecule has 0 saturated carbocycles. The van der Waals surface area contributed by atoms with Gasteiger partial charge in [-0.25, -0.2) is 24.3 Å². The van der Waals surface area contributed by atoms with Gasteiger partial charge >= 0.3 is 0 Å². The topological polar surface area (TPSA) is 80.7 Å². The number of halogens is 1. The molecule has 3 aromatic heterocycles. The van der Waals surface area contributed by atoms with Gasteiger partial charge in [0.2, 0.25) is 0 Å². The molecule has 4 rings (SSSR count). The van der Waals surface area contributed by atoms with Gasteiger partial charge < -0.3 is 0 Å². The second kappa shape index (κ2) is 7.68. The van der Waals surface area contributed by atoms with Crippen molar-refractivity contribution in [1.82, 2.24) is 19.9 Å². The van der Waals surface area contributed by atoms with E-state index in [0.717, 1.165) is 4.88 Å². The molecule has 0 spiro atoms. The lowest BCUT2D eigenvalue weighted by molar-refractivity contribution is 0.102. The van der Waals surface area contributed by atoms with Crippen molar-refractivity contribution in [3.8, 4) is 10.8 Å². The summed E-state index contributed by atoms with van der Waals surface area (Å²) in [4.78, 5) is 29.9. The molecule has 6 nitrogen and oxygen atoms in total. The van der Waals surface area contributed by atoms with E-state index in [9.17, 15) is 9.18 Å². The average Bonchev–Trinajstić information content (AvgIpc) is 3.34. The Kier molecular flexibility index (Phi) is 4.95. The molecule has 27 heavy (non-hydrogen) atoms. The molecule has 0 aliphatic heterocycles. The third kappa shape index (κ3) is 4.04. The second-order valence-electron chi connectivity index (χ2n) is 5.46. The molecule has 4 aromatic rings. The van der Waals surface area contributed by atoms with Crippen LogP contribution in [0.15, 0.2) is 54.3 Å². The number of nitrogens with one attached hydrogen (secondary N) is 1. The van der Waals surface area contributed by atoms with Crippen LogP contribution in [0.4, 0.5) is 9.52 Å². The molecule has 0 unspecified atom stereocenters. The minimum atomic E-state index is -0.361. The zero-order valence-corrected chi connectivity index (χ0v) is 15.4. The SMILES string of the molecule is O=C(Nc1ncc(Cc2ccccc2F)s1)c1csc(-c2ncccn2)n1. The lowest BCUT2D eigenvalue weighted by Gasteiger charge is -2.00. The van der Waals surface area contributed by atoms with Crippen LogP contribution in [-0.2, 0) is 6.42 Å². The Morgan fingerprint density at radius 3 is 2.74 bits per heavy atom. The molecule has 0 atom stereocenters. The van der Waals surface area contributed by atoms with E-state index >= 15 is 0 Å². The van der Waals surface area contributed by atoms with Crippen molar-refractivity contribution in [1.29, 1.82) is 0 Å². The third-order valence-electron chi connectivity index (χ3n) is 3.59. The lowest BCUT2D eigenvalue weighted by atomic mass is 10.1. The number of benzene rings is 1. The second-order valence-corrected chi connectivity index (χ2v) is 7.44. The van der Waals surface area contributed by atoms with Crippen LogP contribution in [0.1, 0.15) is 20.9 Å². The monoisotopic (exact) mass is 397 g/mol. The number of rotatable bonds is 5. The number of carbonyl (C=O) groups is 1. The molecule has 1 aromatic carbocycles. The first-order valence-electron chi connectivity index (χ1n) is 7.91. The number of amides is 1. The molecule has 1 amide bonds. The largest absolute Gasteiger partial charge is 0.296 e. The van der Waals surface area contributed by atoms with Crippen molar-refractivity contribution in [2.24, 2.45) is 0 Å². The zero-order chi connectivity index (χ0) is 18.6. The van der Waals surface area contributed by atoms with Crippen molar-refractivity contribution in [2.45, 2.75) is 6.42 Å². The van der Waals surface area contributed by atoms with Gasteiger partial charge in [-0.3, -0.25) is 10.1 Å². The summed E-state index contributed by atoms with van der Waals surface area (Å²) < 4.78 is 13.8. The van der Waals surface area contributed by atoms with Gasteiger partial charge in [0.15, 0.2) is 16.0 Å². The van der Waals surface area contributed by atoms with E-state index in [4.69, 9.17) is 0 Å². The fraction of sp³-hybridized carbons (Fsp3) is 0.0556. The predicted molar refractivity (Wildman–Crippen MR) is 102 cm³/mol. The molecule has 0 radical (unpaired) electrons. The molecule has 0 bridgehead atoms. The van der Waals surface area contributed by atoms with Crippen LogP contribution in [0.2, 0.25) is 0 Å². The Labute approximate surface area is 161 Å². The maximum Gasteiger partial charge on any atom is 0.276 e. The van der Waals surface area contributed by atoms with Gasteiger partial charge in [-0.1, -0.05) is 18.2 Å². The molecular weight excluding hydrogens is 385 g/mol. The van der Waals surface area contributed by atoms with Crippen LogP contribution in [0.5, 0.6) is 0 Å². The summed E-state index contributed by atoms with van der Waals surface area (Å²) in [6.07, 6.45) is 5.30. The molecule has 0 fully saturated rings. The summed E-state index contributed by atoms with van der Waals surface area (Å²) in [5.41, 5.74) is 0.860. The van der Waals surface area contributed by atoms with Crippen LogP contribution in [-0.4, -0.2) is 25.8 Å². The fourth-order valence-corrected chi connectivity index (χ4v) is 3.90. The van der Waals surface area contributed by atoms with Crippen LogP contribution in [0.3, 0.4) is 0 Å². The van der Waals surface area contributed by atoms with E-state index in [1.165, 1.54) is 28.7 Å². The fourth-order valence-electron chi connectivity index (χ4n) is 2.33. The minimum absolute atomic E-state index is 0.255. The van der Waals surface area contributed by atoms with E-state index in [1.807, 2.05) is 0 Å². The average molecular weight is 397 g/mol. The van der Waals surface area contributed by atoms with Gasteiger partial charge in [0.25, 0.3) is 5.91 Å². The van der Waals surface area contributed by atoms with Crippen molar-refractivity contribution < 1.29 is 9.18 Å². The van der Waals surface area contributed by atoms with Crippen LogP contribution >= 0.6 is 22.7 Å². The van der Waals surface area contributed by atoms with E-state index in [2.05, 4.69) is 25.3 Å². The summed E-state index contributed by atoms with van der Waals surface area (Å²) in [5, 5.41) is 5.38. The smallest absolute Gasteiger partial charge is 0.276 e. The Morgan fingerprint density at radius 1 is 1.11 bits per heavy atom. The first kappa shape index (κ1) is 17.4. The van der Waals surface area contributed by atoms with Crippen LogP contribution in [0.25, 0.3) is 10.8 Å². The van der Waals surface area contributed by atoms with E-state index in [1.54, 1.807) is 48.2 Å². The summed E-state index contributed by atoms with van der Waals surface area (Å²) in [5.74, 6) is -0.141. The molecule has 0 aliphatic rings. The van der Waals surface area contributed by atoms with Gasteiger partial charge in [-0.05, 0) is 17.7 Å². The summed E-state index contributed by atoms with van der Waals surface area (Å²) >= 11 is 2.60. The Bertz CT molecular complexity index is 1080. The molecule has 0 aliphatic carbocycles. The van der Waals surface area contributed by atoms with Crippen molar-refractivity contribution in [3.63, 3.8) is 0 Å². The van der Waals surface area contributed by atoms with Gasteiger partial charge in [0, 0.05) is 35.3 Å². The predicted octanol–water partition coefficient (Wildman–Crippen LogP) is 4.04. The lowest BCUT2D eigenvalue weighted by Crippen LogP contribution is -2.12. The zero-order valence-electron chi connectivity index (χ0n) is 13.8. The Morgan fingerprint density at radius 2 is 1.93 bits per heavy atom. The van der Waals surface area contributed by atoms with E-state index in [0.29, 0.717) is 27.9 Å². The maximum absolute atomic E-state index is 13.8. The molecule has 3 heterocycles. The Balaban J connectivity index is 1.44. The number of nitrogens with zero attached hydrogens (tertiary/aromatic N) is 4. The number of hydrogen-bond donors (Lipinski definition) is 1. The molecule has 1 N–H and O–H groups in total. The van der Waals surface area contributed by atoms with Gasteiger partial charge in [0.1, 0.15) is 11.5 Å². The summed E-state index contributed by atoms with van der Waals surface area (Å²) in [7, 11) is 0. The molecule has 0 saturated heterocycles. The summed E-state index contributed by atoms with van der Waals surface area (Å²) in [6, 6.07) is 8.31. The maximum atomic E-state index is 13.8. The first-order chi connectivity index (χ1) is 13.2. The normalized spacial score (nSPS) is 10.7. The minimum Gasteiger partial charge on any atom is -0.296 e. The first-order valence-corrected chi connectivity index (χ1v) is 9.61. The van der Waals surface area contributed by atoms with Gasteiger partial charge in [0.05, 0.1) is 0 Å². The highest BCUT2D eigenvalue weighted by molar-refractivity contribution is 7.15. The highest BCUT2D eigenvalue weighted by Gasteiger charge is 2.15. The highest BCUT2D eigenvalue weighted by atomic mass is 32.1. The van der Waals surface area contributed by atoms with Crippen molar-refractivity contribution >= 4 is 33.7 Å². The number of aromatic nitrogens is 4. The Hall–Kier alpha value is -3.04. The molecule has 134 valence electrons. The van der Waals surface area contributed by atoms with Crippen molar-refractivity contribution in [2.75, 3.05) is 5.32 Å². The third-order valence-corrected chi connectivity index (χ3v) is 5.34. The van der Waals surface area contributed by atoms with Gasteiger partial charge in [-0.2, -0.15) is 0 Å². The molecular formula is C18H12FN5OS2. The van der Waals surface area contributed by atoms with E-state index in [-0.39, 0.29) is 17.4 Å². The van der Waals surface area contributed by atoms with Crippen molar-refractivity contribution in [3.05, 3.63) is 76.3 Å². The number of anilines is 1. The highest BCUT2D eigenvalue weighted by Crippen LogP contribution is 2.24.